The fraction of sp³-hybridized carbons (Fsp3) is 0.333. The number of hydrogen-bond donors (Lipinski definition) is 3. The van der Waals surface area contributed by atoms with Crippen LogP contribution in [0, 0.1) is 0 Å². The zero-order valence-corrected chi connectivity index (χ0v) is 4.51. The van der Waals surface area contributed by atoms with Crippen molar-refractivity contribution in [2.24, 2.45) is 16.7 Å². The SMILES string of the molecule is CC(=O)/C(N)=N/NN. The van der Waals surface area contributed by atoms with Crippen LogP contribution in [0.3, 0.4) is 0 Å². The highest BCUT2D eigenvalue weighted by molar-refractivity contribution is 6.37. The highest BCUT2D eigenvalue weighted by Crippen LogP contribution is 1.65. The second-order valence-corrected chi connectivity index (χ2v) is 1.18. The van der Waals surface area contributed by atoms with E-state index in [0.717, 1.165) is 0 Å². The Morgan fingerprint density at radius 2 is 2.25 bits per heavy atom. The van der Waals surface area contributed by atoms with Gasteiger partial charge in [-0.25, -0.2) is 11.4 Å². The Morgan fingerprint density at radius 3 is 2.38 bits per heavy atom. The Balaban J connectivity index is 3.80. The molecule has 0 aromatic rings. The molecule has 8 heavy (non-hydrogen) atoms. The first-order chi connectivity index (χ1) is 3.68. The van der Waals surface area contributed by atoms with Gasteiger partial charge >= 0.3 is 0 Å². The van der Waals surface area contributed by atoms with Gasteiger partial charge in [0.05, 0.1) is 0 Å². The summed E-state index contributed by atoms with van der Waals surface area (Å²) in [5, 5.41) is 3.20. The molecule has 5 nitrogen and oxygen atoms in total. The molecule has 0 radical (unpaired) electrons. The van der Waals surface area contributed by atoms with Gasteiger partial charge in [-0.3, -0.25) is 4.79 Å². The molecule has 5 heteroatoms. The molecule has 0 fully saturated rings. The molecule has 0 rings (SSSR count). The maximum atomic E-state index is 10.2. The van der Waals surface area contributed by atoms with Gasteiger partial charge in [0, 0.05) is 6.92 Å². The van der Waals surface area contributed by atoms with Crippen molar-refractivity contribution >= 4 is 11.6 Å². The van der Waals surface area contributed by atoms with Gasteiger partial charge in [-0.15, -0.1) is 5.10 Å². The lowest BCUT2D eigenvalue weighted by Gasteiger charge is -1.89. The van der Waals surface area contributed by atoms with Crippen LogP contribution in [0.5, 0.6) is 0 Å². The van der Waals surface area contributed by atoms with Crippen molar-refractivity contribution in [1.82, 2.24) is 5.53 Å². The van der Waals surface area contributed by atoms with Crippen LogP contribution >= 0.6 is 0 Å². The molecule has 0 atom stereocenters. The number of nitrogens with two attached hydrogens (primary N) is 2. The van der Waals surface area contributed by atoms with E-state index in [2.05, 4.69) is 5.10 Å². The molecule has 0 aliphatic carbocycles. The summed E-state index contributed by atoms with van der Waals surface area (Å²) in [6.07, 6.45) is 0. The fourth-order valence-corrected chi connectivity index (χ4v) is 0.148. The molecule has 0 aromatic heterocycles. The summed E-state index contributed by atoms with van der Waals surface area (Å²) in [7, 11) is 0. The topological polar surface area (TPSA) is 93.5 Å². The van der Waals surface area contributed by atoms with Crippen LogP contribution in [-0.4, -0.2) is 11.6 Å². The lowest BCUT2D eigenvalue weighted by Crippen LogP contribution is -2.27. The number of amidine groups is 1. The van der Waals surface area contributed by atoms with Gasteiger partial charge < -0.3 is 5.73 Å². The van der Waals surface area contributed by atoms with E-state index in [9.17, 15) is 4.79 Å². The van der Waals surface area contributed by atoms with Crippen molar-refractivity contribution in [2.45, 2.75) is 6.92 Å². The van der Waals surface area contributed by atoms with Crippen LogP contribution < -0.4 is 17.1 Å². The number of ketones is 1. The second kappa shape index (κ2) is 2.98. The molecule has 0 bridgehead atoms. The number of nitrogens with zero attached hydrogens (tertiary/aromatic N) is 1. The molecule has 5 N–H and O–H groups in total. The number of carbonyl (C=O) groups is 1. The predicted octanol–water partition coefficient (Wildman–Crippen LogP) is -1.69. The van der Waals surface area contributed by atoms with Crippen molar-refractivity contribution < 1.29 is 4.79 Å². The van der Waals surface area contributed by atoms with Gasteiger partial charge in [-0.2, -0.15) is 0 Å². The highest BCUT2D eigenvalue weighted by Gasteiger charge is 1.95. The van der Waals surface area contributed by atoms with E-state index >= 15 is 0 Å². The van der Waals surface area contributed by atoms with Crippen LogP contribution in [0.4, 0.5) is 0 Å². The summed E-state index contributed by atoms with van der Waals surface area (Å²) in [6, 6.07) is 0. The largest absolute Gasteiger partial charge is 0.379 e. The van der Waals surface area contributed by atoms with Gasteiger partial charge in [0.15, 0.2) is 11.6 Å². The highest BCUT2D eigenvalue weighted by atomic mass is 16.1. The Bertz CT molecular complexity index is 118. The maximum Gasteiger partial charge on any atom is 0.196 e. The number of hydrazone groups is 1. The Hall–Kier alpha value is -1.10. The molecule has 0 amide bonds. The summed E-state index contributed by atoms with van der Waals surface area (Å²) in [6.45, 7) is 1.30. The Kier molecular flexibility index (Phi) is 2.57. The quantitative estimate of drug-likeness (QED) is 0.174. The number of nitrogens with one attached hydrogen (secondary N) is 1. The lowest BCUT2D eigenvalue weighted by molar-refractivity contribution is -0.111. The van der Waals surface area contributed by atoms with Crippen molar-refractivity contribution in [3.8, 4) is 0 Å². The van der Waals surface area contributed by atoms with E-state index in [1.165, 1.54) is 6.92 Å². The first-order valence-electron chi connectivity index (χ1n) is 1.98. The van der Waals surface area contributed by atoms with Crippen molar-refractivity contribution in [2.75, 3.05) is 0 Å². The third kappa shape index (κ3) is 2.14. The first kappa shape index (κ1) is 6.90. The van der Waals surface area contributed by atoms with E-state index in [1.54, 1.807) is 0 Å². The van der Waals surface area contributed by atoms with Crippen LogP contribution in [0.1, 0.15) is 6.92 Å². The van der Waals surface area contributed by atoms with Crippen LogP contribution in [-0.2, 0) is 4.79 Å². The zero-order valence-electron chi connectivity index (χ0n) is 4.51. The number of rotatable bonds is 2. The minimum atomic E-state index is -0.303. The third-order valence-corrected chi connectivity index (χ3v) is 0.546. The van der Waals surface area contributed by atoms with Gasteiger partial charge in [0.2, 0.25) is 0 Å². The number of hydrogen-bond acceptors (Lipinski definition) is 4. The Morgan fingerprint density at radius 1 is 1.75 bits per heavy atom. The normalized spacial score (nSPS) is 11.0. The fourth-order valence-electron chi connectivity index (χ4n) is 0.148. The third-order valence-electron chi connectivity index (χ3n) is 0.546. The molecule has 0 saturated heterocycles. The maximum absolute atomic E-state index is 10.2. The van der Waals surface area contributed by atoms with E-state index in [1.807, 2.05) is 5.53 Å². The van der Waals surface area contributed by atoms with E-state index in [4.69, 9.17) is 11.6 Å². The number of Topliss-reactive ketones (excluding diaryl/α,β-unsaturated/α-hetero) is 1. The standard InChI is InChI=1S/C3H8N4O/c1-2(8)3(4)6-7-5/h7H,5H2,1H3,(H2,4,6). The predicted molar refractivity (Wildman–Crippen MR) is 29.6 cm³/mol. The number of carbonyl (C=O) groups excluding carboxylic acids is 1. The smallest absolute Gasteiger partial charge is 0.196 e. The summed E-state index contributed by atoms with van der Waals surface area (Å²) >= 11 is 0. The minimum absolute atomic E-state index is 0.118. The molecular weight excluding hydrogens is 108 g/mol. The van der Waals surface area contributed by atoms with Gasteiger partial charge in [-0.05, 0) is 0 Å². The van der Waals surface area contributed by atoms with Crippen LogP contribution in [0.15, 0.2) is 5.10 Å². The Labute approximate surface area is 46.7 Å². The number of hydrazine groups is 1. The zero-order chi connectivity index (χ0) is 6.57. The summed E-state index contributed by atoms with van der Waals surface area (Å²) in [4.78, 5) is 10.2. The molecule has 0 saturated carbocycles. The van der Waals surface area contributed by atoms with Crippen molar-refractivity contribution in [3.63, 3.8) is 0 Å². The molecule has 0 heterocycles. The van der Waals surface area contributed by atoms with E-state index < -0.39 is 0 Å². The van der Waals surface area contributed by atoms with Gasteiger partial charge in [0.25, 0.3) is 0 Å². The van der Waals surface area contributed by atoms with Crippen molar-refractivity contribution in [1.29, 1.82) is 0 Å². The van der Waals surface area contributed by atoms with Crippen molar-refractivity contribution in [3.05, 3.63) is 0 Å². The summed E-state index contributed by atoms with van der Waals surface area (Å²) in [5.41, 5.74) is 6.88. The molecule has 0 aliphatic rings. The average Bonchev–Trinajstić information content (AvgIpc) is 1.67. The van der Waals surface area contributed by atoms with E-state index in [-0.39, 0.29) is 11.6 Å². The van der Waals surface area contributed by atoms with E-state index in [0.29, 0.717) is 0 Å². The minimum Gasteiger partial charge on any atom is -0.379 e. The average molecular weight is 116 g/mol. The van der Waals surface area contributed by atoms with Gasteiger partial charge in [0.1, 0.15) is 0 Å². The van der Waals surface area contributed by atoms with Gasteiger partial charge in [-0.1, -0.05) is 0 Å². The second-order valence-electron chi connectivity index (χ2n) is 1.18. The lowest BCUT2D eigenvalue weighted by atomic mass is 10.4. The molecule has 0 aliphatic heterocycles. The monoisotopic (exact) mass is 116 g/mol. The molecule has 0 unspecified atom stereocenters. The summed E-state index contributed by atoms with van der Waals surface area (Å²) in [5.74, 6) is 4.28. The summed E-state index contributed by atoms with van der Waals surface area (Å²) < 4.78 is 0. The molecule has 0 aromatic carbocycles. The molecule has 0 spiro atoms. The molecule has 46 valence electrons. The first-order valence-corrected chi connectivity index (χ1v) is 1.98. The van der Waals surface area contributed by atoms with Crippen LogP contribution in [0.2, 0.25) is 0 Å². The van der Waals surface area contributed by atoms with Crippen LogP contribution in [0.25, 0.3) is 0 Å². The molecular formula is C3H8N4O.